The molecular formula is C20H27N3O3S+2. The van der Waals surface area contributed by atoms with Crippen molar-refractivity contribution in [2.75, 3.05) is 46.6 Å². The van der Waals surface area contributed by atoms with Crippen molar-refractivity contribution in [3.05, 3.63) is 46.2 Å². The molecule has 1 aromatic carbocycles. The maximum atomic E-state index is 12.7. The number of carbonyl (C=O) groups is 1. The molecule has 1 saturated heterocycles. The lowest BCUT2D eigenvalue weighted by molar-refractivity contribution is -0.917. The smallest absolute Gasteiger partial charge is 0.278 e. The van der Waals surface area contributed by atoms with E-state index in [-0.39, 0.29) is 5.91 Å². The number of ether oxygens (including phenoxy) is 2. The van der Waals surface area contributed by atoms with Gasteiger partial charge in [0.2, 0.25) is 6.79 Å². The van der Waals surface area contributed by atoms with E-state index >= 15 is 0 Å². The molecule has 1 fully saturated rings. The second kappa shape index (κ2) is 8.29. The Morgan fingerprint density at radius 2 is 2.04 bits per heavy atom. The van der Waals surface area contributed by atoms with Gasteiger partial charge in [0.05, 0.1) is 38.1 Å². The monoisotopic (exact) mass is 389 g/mol. The van der Waals surface area contributed by atoms with Gasteiger partial charge in [0.1, 0.15) is 13.1 Å². The third-order valence-electron chi connectivity index (χ3n) is 5.22. The lowest BCUT2D eigenvalue weighted by Gasteiger charge is -2.32. The summed E-state index contributed by atoms with van der Waals surface area (Å²) in [5.41, 5.74) is 1.16. The number of carbonyl (C=O) groups excluding carboxylic acids is 1. The summed E-state index contributed by atoms with van der Waals surface area (Å²) in [6.07, 6.45) is 0. The van der Waals surface area contributed by atoms with E-state index in [0.29, 0.717) is 13.3 Å². The molecule has 0 radical (unpaired) electrons. The molecule has 1 unspecified atom stereocenters. The van der Waals surface area contributed by atoms with Crippen LogP contribution in [-0.2, 0) is 17.9 Å². The van der Waals surface area contributed by atoms with Gasteiger partial charge in [-0.25, -0.2) is 0 Å². The molecule has 2 aromatic rings. The fraction of sp³-hybridized carbons (Fsp3) is 0.450. The number of piperazine rings is 1. The Bertz CT molecular complexity index is 773. The zero-order valence-corrected chi connectivity index (χ0v) is 16.5. The van der Waals surface area contributed by atoms with E-state index in [0.717, 1.165) is 56.3 Å². The van der Waals surface area contributed by atoms with Gasteiger partial charge in [-0.3, -0.25) is 4.79 Å². The van der Waals surface area contributed by atoms with Gasteiger partial charge in [-0.05, 0) is 29.6 Å². The Balaban J connectivity index is 1.23. The Morgan fingerprint density at radius 1 is 1.22 bits per heavy atom. The van der Waals surface area contributed by atoms with Crippen LogP contribution < -0.4 is 19.3 Å². The number of likely N-dealkylation sites (N-methyl/N-ethyl adjacent to an activating group) is 1. The van der Waals surface area contributed by atoms with Crippen molar-refractivity contribution in [2.45, 2.75) is 13.1 Å². The first-order chi connectivity index (χ1) is 13.2. The summed E-state index contributed by atoms with van der Waals surface area (Å²) >= 11 is 1.82. The van der Waals surface area contributed by atoms with Crippen molar-refractivity contribution < 1.29 is 24.1 Å². The maximum Gasteiger partial charge on any atom is 0.278 e. The molecule has 0 saturated carbocycles. The van der Waals surface area contributed by atoms with E-state index in [4.69, 9.17) is 9.47 Å². The van der Waals surface area contributed by atoms with Crippen molar-refractivity contribution in [3.63, 3.8) is 0 Å². The summed E-state index contributed by atoms with van der Waals surface area (Å²) in [4.78, 5) is 18.9. The molecular weight excluding hydrogens is 362 g/mol. The molecule has 27 heavy (non-hydrogen) atoms. The molecule has 0 aliphatic carbocycles. The quantitative estimate of drug-likeness (QED) is 0.695. The summed E-state index contributed by atoms with van der Waals surface area (Å²) in [6, 6.07) is 10.3. The van der Waals surface area contributed by atoms with Crippen LogP contribution in [-0.4, -0.2) is 57.4 Å². The van der Waals surface area contributed by atoms with Crippen LogP contribution in [0.4, 0.5) is 0 Å². The molecule has 6 nitrogen and oxygen atoms in total. The number of nitrogens with one attached hydrogen (secondary N) is 2. The van der Waals surface area contributed by atoms with Crippen molar-refractivity contribution in [1.29, 1.82) is 0 Å². The molecule has 144 valence electrons. The standard InChI is InChI=1S/C20H25N3O3S/c1-21(12-16-4-5-18-19(11-16)26-15-25-18)14-20(24)23-8-6-22(7-9-23)13-17-3-2-10-27-17/h2-5,10-11H,6-9,12-15H2,1H3/p+2. The first kappa shape index (κ1) is 18.3. The Kier molecular flexibility index (Phi) is 5.61. The molecule has 1 atom stereocenters. The predicted octanol–water partition coefficient (Wildman–Crippen LogP) is -0.581. The van der Waals surface area contributed by atoms with E-state index in [2.05, 4.69) is 24.6 Å². The summed E-state index contributed by atoms with van der Waals surface area (Å²) in [7, 11) is 2.07. The molecule has 2 aliphatic rings. The molecule has 1 amide bonds. The van der Waals surface area contributed by atoms with Crippen LogP contribution in [0.5, 0.6) is 11.5 Å². The van der Waals surface area contributed by atoms with Crippen LogP contribution in [0.25, 0.3) is 0 Å². The minimum atomic E-state index is 0.253. The van der Waals surface area contributed by atoms with Crippen molar-refractivity contribution in [1.82, 2.24) is 4.90 Å². The van der Waals surface area contributed by atoms with Crippen molar-refractivity contribution >= 4 is 17.2 Å². The lowest BCUT2D eigenvalue weighted by Crippen LogP contribution is -3.14. The van der Waals surface area contributed by atoms with E-state index in [1.165, 1.54) is 9.78 Å². The predicted molar refractivity (Wildman–Crippen MR) is 103 cm³/mol. The van der Waals surface area contributed by atoms with Gasteiger partial charge in [-0.2, -0.15) is 0 Å². The number of nitrogens with zero attached hydrogens (tertiary/aromatic N) is 1. The average molecular weight is 390 g/mol. The number of rotatable bonds is 6. The molecule has 4 rings (SSSR count). The highest BCUT2D eigenvalue weighted by atomic mass is 32.1. The van der Waals surface area contributed by atoms with Gasteiger partial charge in [0, 0.05) is 5.56 Å². The van der Waals surface area contributed by atoms with Crippen LogP contribution in [0.1, 0.15) is 10.4 Å². The molecule has 2 aliphatic heterocycles. The topological polar surface area (TPSA) is 47.7 Å². The van der Waals surface area contributed by atoms with Crippen LogP contribution in [0, 0.1) is 0 Å². The minimum Gasteiger partial charge on any atom is -0.454 e. The number of thiophene rings is 1. The normalized spacial score (nSPS) is 17.9. The molecule has 3 heterocycles. The van der Waals surface area contributed by atoms with Gasteiger partial charge in [0.15, 0.2) is 18.0 Å². The minimum absolute atomic E-state index is 0.253. The van der Waals surface area contributed by atoms with Gasteiger partial charge >= 0.3 is 0 Å². The van der Waals surface area contributed by atoms with Crippen molar-refractivity contribution in [2.24, 2.45) is 0 Å². The first-order valence-corrected chi connectivity index (χ1v) is 10.4. The zero-order valence-electron chi connectivity index (χ0n) is 15.7. The Morgan fingerprint density at radius 3 is 2.81 bits per heavy atom. The fourth-order valence-electron chi connectivity index (χ4n) is 3.74. The van der Waals surface area contributed by atoms with Crippen LogP contribution in [0.15, 0.2) is 35.7 Å². The number of hydrogen-bond acceptors (Lipinski definition) is 4. The van der Waals surface area contributed by atoms with Crippen molar-refractivity contribution in [3.8, 4) is 11.5 Å². The summed E-state index contributed by atoms with van der Waals surface area (Å²) in [5, 5.41) is 2.13. The van der Waals surface area contributed by atoms with Gasteiger partial charge in [-0.15, -0.1) is 11.3 Å². The number of benzene rings is 1. The second-order valence-corrected chi connectivity index (χ2v) is 8.42. The van der Waals surface area contributed by atoms with E-state index in [1.54, 1.807) is 4.90 Å². The Hall–Kier alpha value is -2.09. The molecule has 0 bridgehead atoms. The molecule has 2 N–H and O–H groups in total. The third kappa shape index (κ3) is 4.61. The van der Waals surface area contributed by atoms with E-state index < -0.39 is 0 Å². The highest BCUT2D eigenvalue weighted by Gasteiger charge is 2.26. The van der Waals surface area contributed by atoms with Crippen LogP contribution in [0.2, 0.25) is 0 Å². The van der Waals surface area contributed by atoms with Crippen LogP contribution >= 0.6 is 11.3 Å². The van der Waals surface area contributed by atoms with Gasteiger partial charge < -0.3 is 24.2 Å². The number of fused-ring (bicyclic) bond motifs is 1. The lowest BCUT2D eigenvalue weighted by atomic mass is 10.2. The first-order valence-electron chi connectivity index (χ1n) is 9.51. The van der Waals surface area contributed by atoms with Gasteiger partial charge in [0.25, 0.3) is 5.91 Å². The summed E-state index contributed by atoms with van der Waals surface area (Å²) in [6.45, 7) is 6.47. The molecule has 0 spiro atoms. The van der Waals surface area contributed by atoms with Crippen LogP contribution in [0.3, 0.4) is 0 Å². The third-order valence-corrected chi connectivity index (χ3v) is 6.10. The summed E-state index contributed by atoms with van der Waals surface area (Å²) < 4.78 is 10.8. The van der Waals surface area contributed by atoms with Gasteiger partial charge in [-0.1, -0.05) is 6.07 Å². The highest BCUT2D eigenvalue weighted by molar-refractivity contribution is 7.09. The SMILES string of the molecule is C[NH+](CC(=O)N1CC[NH+](Cc2cccs2)CC1)Cc1ccc2c(c1)OCO2. The zero-order chi connectivity index (χ0) is 18.6. The number of amides is 1. The molecule has 7 heteroatoms. The Labute approximate surface area is 163 Å². The van der Waals surface area contributed by atoms with E-state index in [1.807, 2.05) is 34.4 Å². The largest absolute Gasteiger partial charge is 0.454 e. The second-order valence-electron chi connectivity index (χ2n) is 7.39. The fourth-order valence-corrected chi connectivity index (χ4v) is 4.52. The maximum absolute atomic E-state index is 12.7. The number of hydrogen-bond donors (Lipinski definition) is 2. The van der Waals surface area contributed by atoms with E-state index in [9.17, 15) is 4.79 Å². The average Bonchev–Trinajstić information content (AvgIpc) is 3.33. The highest BCUT2D eigenvalue weighted by Crippen LogP contribution is 2.32. The summed E-state index contributed by atoms with van der Waals surface area (Å²) in [5.74, 6) is 1.86. The molecule has 1 aromatic heterocycles. The number of quaternary nitrogens is 2.